The van der Waals surface area contributed by atoms with E-state index in [1.807, 2.05) is 31.5 Å². The molecule has 0 spiro atoms. The highest BCUT2D eigenvalue weighted by Gasteiger charge is 2.16. The standard InChI is InChI=1S/C17H21F2N3O2/c1-11(10-22-13(3)8-12(2)21-22)9-20-16(23)14-6-4-5-7-15(14)24-17(18)19/h4-8,11,17H,9-10H2,1-3H3,(H,20,23)/t11-/m1/s1. The van der Waals surface area contributed by atoms with Gasteiger partial charge in [-0.15, -0.1) is 0 Å². The third-order valence-corrected chi connectivity index (χ3v) is 3.55. The van der Waals surface area contributed by atoms with Gasteiger partial charge < -0.3 is 10.1 Å². The maximum atomic E-state index is 12.4. The molecule has 2 rings (SSSR count). The van der Waals surface area contributed by atoms with Crippen molar-refractivity contribution >= 4 is 5.91 Å². The number of alkyl halides is 2. The molecule has 0 saturated carbocycles. The van der Waals surface area contributed by atoms with Gasteiger partial charge >= 0.3 is 6.61 Å². The quantitative estimate of drug-likeness (QED) is 0.844. The third-order valence-electron chi connectivity index (χ3n) is 3.55. The Morgan fingerprint density at radius 2 is 2.04 bits per heavy atom. The topological polar surface area (TPSA) is 56.2 Å². The molecule has 0 aliphatic rings. The molecule has 5 nitrogen and oxygen atoms in total. The van der Waals surface area contributed by atoms with Crippen molar-refractivity contribution in [2.45, 2.75) is 33.9 Å². The van der Waals surface area contributed by atoms with Gasteiger partial charge in [-0.25, -0.2) is 0 Å². The largest absolute Gasteiger partial charge is 0.434 e. The van der Waals surface area contributed by atoms with Gasteiger partial charge in [0.15, 0.2) is 0 Å². The Morgan fingerprint density at radius 1 is 1.33 bits per heavy atom. The second-order valence-electron chi connectivity index (χ2n) is 5.80. The molecule has 130 valence electrons. The van der Waals surface area contributed by atoms with Gasteiger partial charge in [0.2, 0.25) is 0 Å². The summed E-state index contributed by atoms with van der Waals surface area (Å²) < 4.78 is 31.1. The lowest BCUT2D eigenvalue weighted by molar-refractivity contribution is -0.0501. The van der Waals surface area contributed by atoms with E-state index >= 15 is 0 Å². The highest BCUT2D eigenvalue weighted by Crippen LogP contribution is 2.20. The second kappa shape index (κ2) is 7.90. The van der Waals surface area contributed by atoms with Crippen molar-refractivity contribution in [3.8, 4) is 5.75 Å². The van der Waals surface area contributed by atoms with Crippen LogP contribution >= 0.6 is 0 Å². The number of hydrogen-bond donors (Lipinski definition) is 1. The van der Waals surface area contributed by atoms with E-state index in [2.05, 4.69) is 15.2 Å². The molecule has 0 aliphatic carbocycles. The molecular formula is C17H21F2N3O2. The molecule has 0 radical (unpaired) electrons. The Bertz CT molecular complexity index is 701. The molecule has 1 heterocycles. The monoisotopic (exact) mass is 337 g/mol. The first-order valence-corrected chi connectivity index (χ1v) is 7.70. The van der Waals surface area contributed by atoms with Crippen molar-refractivity contribution in [2.75, 3.05) is 6.54 Å². The molecule has 1 aromatic heterocycles. The van der Waals surface area contributed by atoms with Gasteiger partial charge in [-0.2, -0.15) is 13.9 Å². The Morgan fingerprint density at radius 3 is 2.67 bits per heavy atom. The maximum Gasteiger partial charge on any atom is 0.387 e. The zero-order valence-corrected chi connectivity index (χ0v) is 13.9. The number of carbonyl (C=O) groups excluding carboxylic acids is 1. The van der Waals surface area contributed by atoms with Gasteiger partial charge in [-0.1, -0.05) is 19.1 Å². The molecular weight excluding hydrogens is 316 g/mol. The SMILES string of the molecule is Cc1cc(C)n(C[C@H](C)CNC(=O)c2ccccc2OC(F)F)n1. The molecule has 24 heavy (non-hydrogen) atoms. The number of carbonyl (C=O) groups is 1. The van der Waals surface area contributed by atoms with E-state index in [1.165, 1.54) is 12.1 Å². The molecule has 0 fully saturated rings. The van der Waals surface area contributed by atoms with E-state index in [9.17, 15) is 13.6 Å². The van der Waals surface area contributed by atoms with Crippen molar-refractivity contribution in [3.63, 3.8) is 0 Å². The number of benzene rings is 1. The van der Waals surface area contributed by atoms with Gasteiger partial charge in [-0.05, 0) is 38.0 Å². The second-order valence-corrected chi connectivity index (χ2v) is 5.80. The molecule has 0 bridgehead atoms. The summed E-state index contributed by atoms with van der Waals surface area (Å²) >= 11 is 0. The van der Waals surface area contributed by atoms with E-state index in [1.54, 1.807) is 12.1 Å². The van der Waals surface area contributed by atoms with Crippen LogP contribution in [0.2, 0.25) is 0 Å². The summed E-state index contributed by atoms with van der Waals surface area (Å²) in [7, 11) is 0. The zero-order valence-electron chi connectivity index (χ0n) is 13.9. The lowest BCUT2D eigenvalue weighted by Crippen LogP contribution is -2.30. The van der Waals surface area contributed by atoms with E-state index in [0.717, 1.165) is 11.4 Å². The Kier molecular flexibility index (Phi) is 5.89. The van der Waals surface area contributed by atoms with Crippen LogP contribution in [0.3, 0.4) is 0 Å². The van der Waals surface area contributed by atoms with Crippen LogP contribution in [0.4, 0.5) is 8.78 Å². The Balaban J connectivity index is 1.94. The van der Waals surface area contributed by atoms with Gasteiger partial charge in [0.25, 0.3) is 5.91 Å². The fraction of sp³-hybridized carbons (Fsp3) is 0.412. The number of rotatable bonds is 7. The summed E-state index contributed by atoms with van der Waals surface area (Å²) in [6.45, 7) is 3.98. The minimum Gasteiger partial charge on any atom is -0.434 e. The molecule has 0 saturated heterocycles. The summed E-state index contributed by atoms with van der Waals surface area (Å²) in [6.07, 6.45) is 0. The lowest BCUT2D eigenvalue weighted by atomic mass is 10.1. The molecule has 0 aliphatic heterocycles. The van der Waals surface area contributed by atoms with Gasteiger partial charge in [0.1, 0.15) is 5.75 Å². The normalized spacial score (nSPS) is 12.2. The number of amides is 1. The van der Waals surface area contributed by atoms with Crippen LogP contribution in [-0.4, -0.2) is 28.8 Å². The summed E-state index contributed by atoms with van der Waals surface area (Å²) in [5.74, 6) is -0.433. The average Bonchev–Trinajstić information content (AvgIpc) is 2.82. The van der Waals surface area contributed by atoms with Crippen molar-refractivity contribution in [1.82, 2.24) is 15.1 Å². The van der Waals surface area contributed by atoms with Crippen molar-refractivity contribution < 1.29 is 18.3 Å². The third kappa shape index (κ3) is 4.78. The molecule has 1 amide bonds. The number of para-hydroxylation sites is 1. The van der Waals surface area contributed by atoms with Gasteiger partial charge in [0, 0.05) is 18.8 Å². The molecule has 1 aromatic carbocycles. The van der Waals surface area contributed by atoms with E-state index in [0.29, 0.717) is 13.1 Å². The van der Waals surface area contributed by atoms with Crippen LogP contribution in [0.25, 0.3) is 0 Å². The minimum atomic E-state index is -2.97. The highest BCUT2D eigenvalue weighted by molar-refractivity contribution is 5.96. The van der Waals surface area contributed by atoms with Crippen LogP contribution in [0.1, 0.15) is 28.7 Å². The fourth-order valence-corrected chi connectivity index (χ4v) is 2.43. The summed E-state index contributed by atoms with van der Waals surface area (Å²) in [5.41, 5.74) is 2.10. The van der Waals surface area contributed by atoms with Crippen LogP contribution < -0.4 is 10.1 Å². The van der Waals surface area contributed by atoms with Crippen molar-refractivity contribution in [2.24, 2.45) is 5.92 Å². The molecule has 1 atom stereocenters. The summed E-state index contributed by atoms with van der Waals surface area (Å²) in [4.78, 5) is 12.2. The lowest BCUT2D eigenvalue weighted by Gasteiger charge is -2.15. The number of aryl methyl sites for hydroxylation is 2. The highest BCUT2D eigenvalue weighted by atomic mass is 19.3. The van der Waals surface area contributed by atoms with Crippen LogP contribution in [0.5, 0.6) is 5.75 Å². The molecule has 7 heteroatoms. The number of nitrogens with zero attached hydrogens (tertiary/aromatic N) is 2. The average molecular weight is 337 g/mol. The number of aromatic nitrogens is 2. The van der Waals surface area contributed by atoms with E-state index < -0.39 is 12.5 Å². The van der Waals surface area contributed by atoms with Crippen molar-refractivity contribution in [3.05, 3.63) is 47.3 Å². The number of nitrogens with one attached hydrogen (secondary N) is 1. The first-order chi connectivity index (χ1) is 11.4. The zero-order chi connectivity index (χ0) is 17.7. The fourth-order valence-electron chi connectivity index (χ4n) is 2.43. The Labute approximate surface area is 139 Å². The minimum absolute atomic E-state index is 0.0936. The molecule has 0 unspecified atom stereocenters. The van der Waals surface area contributed by atoms with E-state index in [4.69, 9.17) is 0 Å². The van der Waals surface area contributed by atoms with Crippen LogP contribution in [-0.2, 0) is 6.54 Å². The predicted molar refractivity (Wildman–Crippen MR) is 86.3 cm³/mol. The summed E-state index contributed by atoms with van der Waals surface area (Å²) in [6, 6.07) is 7.94. The number of ether oxygens (including phenoxy) is 1. The Hall–Kier alpha value is -2.44. The first kappa shape index (κ1) is 17.9. The van der Waals surface area contributed by atoms with E-state index in [-0.39, 0.29) is 17.2 Å². The smallest absolute Gasteiger partial charge is 0.387 e. The number of halogens is 2. The summed E-state index contributed by atoms with van der Waals surface area (Å²) in [5, 5.41) is 7.14. The predicted octanol–water partition coefficient (Wildman–Crippen LogP) is 3.17. The van der Waals surface area contributed by atoms with Crippen LogP contribution in [0.15, 0.2) is 30.3 Å². The van der Waals surface area contributed by atoms with Crippen LogP contribution in [0, 0.1) is 19.8 Å². The molecule has 1 N–H and O–H groups in total. The maximum absolute atomic E-state index is 12.4. The molecule has 2 aromatic rings. The first-order valence-electron chi connectivity index (χ1n) is 7.70. The van der Waals surface area contributed by atoms with Crippen molar-refractivity contribution in [1.29, 1.82) is 0 Å². The number of hydrogen-bond acceptors (Lipinski definition) is 3. The van der Waals surface area contributed by atoms with Gasteiger partial charge in [-0.3, -0.25) is 9.48 Å². The van der Waals surface area contributed by atoms with Gasteiger partial charge in [0.05, 0.1) is 11.3 Å².